The smallest absolute Gasteiger partial charge is 0.318 e. The molecule has 1 aliphatic heterocycles. The Labute approximate surface area is 125 Å². The van der Waals surface area contributed by atoms with E-state index >= 15 is 0 Å². The van der Waals surface area contributed by atoms with Crippen LogP contribution in [0.15, 0.2) is 53.0 Å². The maximum Gasteiger partial charge on any atom is 0.318 e. The van der Waals surface area contributed by atoms with Crippen LogP contribution in [0.5, 0.6) is 5.75 Å². The van der Waals surface area contributed by atoms with Crippen LogP contribution in [0.2, 0.25) is 0 Å². The fourth-order valence-electron chi connectivity index (χ4n) is 2.40. The van der Waals surface area contributed by atoms with Crippen molar-refractivity contribution in [1.82, 2.24) is 0 Å². The van der Waals surface area contributed by atoms with Gasteiger partial charge in [0, 0.05) is 4.47 Å². The van der Waals surface area contributed by atoms with Crippen molar-refractivity contribution in [2.24, 2.45) is 0 Å². The number of esters is 1. The molecular weight excluding hydrogens is 320 g/mol. The van der Waals surface area contributed by atoms with Gasteiger partial charge in [-0.05, 0) is 29.3 Å². The van der Waals surface area contributed by atoms with E-state index in [1.165, 1.54) is 0 Å². The van der Waals surface area contributed by atoms with E-state index in [9.17, 15) is 4.79 Å². The summed E-state index contributed by atoms with van der Waals surface area (Å²) in [5, 5.41) is 0. The van der Waals surface area contributed by atoms with Gasteiger partial charge >= 0.3 is 5.97 Å². The predicted octanol–water partition coefficient (Wildman–Crippen LogP) is 3.84. The van der Waals surface area contributed by atoms with Crippen molar-refractivity contribution in [3.63, 3.8) is 0 Å². The van der Waals surface area contributed by atoms with E-state index in [2.05, 4.69) is 15.9 Å². The summed E-state index contributed by atoms with van der Waals surface area (Å²) >= 11 is 3.50. The fraction of sp³-hybridized carbons (Fsp3) is 0.188. The Bertz CT molecular complexity index is 639. The van der Waals surface area contributed by atoms with Crippen LogP contribution in [-0.4, -0.2) is 13.1 Å². The van der Waals surface area contributed by atoms with Gasteiger partial charge in [-0.3, -0.25) is 4.79 Å². The van der Waals surface area contributed by atoms with Crippen molar-refractivity contribution in [3.05, 3.63) is 64.1 Å². The average molecular weight is 333 g/mol. The van der Waals surface area contributed by atoms with Gasteiger partial charge in [-0.2, -0.15) is 0 Å². The Balaban J connectivity index is 1.98. The number of rotatable bonds is 3. The summed E-state index contributed by atoms with van der Waals surface area (Å²) in [7, 11) is 1.61. The Morgan fingerprint density at radius 3 is 2.55 bits per heavy atom. The van der Waals surface area contributed by atoms with E-state index < -0.39 is 0 Å². The largest absolute Gasteiger partial charge is 0.497 e. The molecule has 3 rings (SSSR count). The van der Waals surface area contributed by atoms with Crippen LogP contribution in [0.3, 0.4) is 0 Å². The van der Waals surface area contributed by atoms with Gasteiger partial charge in [0.05, 0.1) is 7.11 Å². The molecule has 4 heteroatoms. The molecule has 0 radical (unpaired) electrons. The standard InChI is InChI=1S/C16H13BrO3/c1-19-11-7-8-13(17)12(9-11)14-15(20-16(14)18)10-5-3-2-4-6-10/h2-9,14-15H,1H3/t14-,15+/m1/s1. The molecule has 0 aliphatic carbocycles. The van der Waals surface area contributed by atoms with Crippen LogP contribution in [0.4, 0.5) is 0 Å². The van der Waals surface area contributed by atoms with Crippen LogP contribution in [-0.2, 0) is 9.53 Å². The van der Waals surface area contributed by atoms with E-state index in [-0.39, 0.29) is 18.0 Å². The Morgan fingerprint density at radius 2 is 1.90 bits per heavy atom. The summed E-state index contributed by atoms with van der Waals surface area (Å²) in [6.07, 6.45) is -0.230. The molecule has 0 saturated carbocycles. The highest BCUT2D eigenvalue weighted by atomic mass is 79.9. The van der Waals surface area contributed by atoms with Gasteiger partial charge in [0.25, 0.3) is 0 Å². The van der Waals surface area contributed by atoms with Crippen LogP contribution < -0.4 is 4.74 Å². The first-order valence-electron chi connectivity index (χ1n) is 6.29. The van der Waals surface area contributed by atoms with Crippen molar-refractivity contribution in [2.75, 3.05) is 7.11 Å². The van der Waals surface area contributed by atoms with Gasteiger partial charge in [-0.1, -0.05) is 46.3 Å². The summed E-state index contributed by atoms with van der Waals surface area (Å²) < 4.78 is 11.4. The number of hydrogen-bond acceptors (Lipinski definition) is 3. The van der Waals surface area contributed by atoms with Gasteiger partial charge in [0.15, 0.2) is 0 Å². The Hall–Kier alpha value is -1.81. The van der Waals surface area contributed by atoms with Crippen molar-refractivity contribution < 1.29 is 14.3 Å². The van der Waals surface area contributed by atoms with E-state index in [0.29, 0.717) is 0 Å². The zero-order valence-corrected chi connectivity index (χ0v) is 12.5. The minimum absolute atomic E-state index is 0.201. The van der Waals surface area contributed by atoms with E-state index in [0.717, 1.165) is 21.3 Å². The molecule has 3 nitrogen and oxygen atoms in total. The second kappa shape index (κ2) is 5.29. The molecule has 1 heterocycles. The number of ether oxygens (including phenoxy) is 2. The molecule has 0 spiro atoms. The lowest BCUT2D eigenvalue weighted by molar-refractivity contribution is -0.176. The lowest BCUT2D eigenvalue weighted by atomic mass is 9.85. The summed E-state index contributed by atoms with van der Waals surface area (Å²) in [6.45, 7) is 0. The Morgan fingerprint density at radius 1 is 1.15 bits per heavy atom. The second-order valence-electron chi connectivity index (χ2n) is 4.63. The monoisotopic (exact) mass is 332 g/mol. The second-order valence-corrected chi connectivity index (χ2v) is 5.49. The van der Waals surface area contributed by atoms with Crippen molar-refractivity contribution in [3.8, 4) is 5.75 Å². The number of carbonyl (C=O) groups excluding carboxylic acids is 1. The number of cyclic esters (lactones) is 1. The zero-order chi connectivity index (χ0) is 14.1. The zero-order valence-electron chi connectivity index (χ0n) is 10.9. The van der Waals surface area contributed by atoms with Gasteiger partial charge < -0.3 is 9.47 Å². The van der Waals surface area contributed by atoms with Crippen molar-refractivity contribution in [1.29, 1.82) is 0 Å². The first-order chi connectivity index (χ1) is 9.70. The molecule has 0 bridgehead atoms. The van der Waals surface area contributed by atoms with Crippen LogP contribution in [0.1, 0.15) is 23.1 Å². The molecule has 1 fully saturated rings. The SMILES string of the molecule is COc1ccc(Br)c([C@H]2C(=O)O[C@H]2c2ccccc2)c1. The molecular formula is C16H13BrO3. The Kier molecular flexibility index (Phi) is 3.49. The summed E-state index contributed by atoms with van der Waals surface area (Å²) in [6, 6.07) is 15.4. The van der Waals surface area contributed by atoms with Gasteiger partial charge in [-0.15, -0.1) is 0 Å². The van der Waals surface area contributed by atoms with Crippen LogP contribution >= 0.6 is 15.9 Å². The molecule has 102 valence electrons. The lowest BCUT2D eigenvalue weighted by Gasteiger charge is -2.36. The fourth-order valence-corrected chi connectivity index (χ4v) is 2.89. The molecule has 0 aromatic heterocycles. The van der Waals surface area contributed by atoms with E-state index in [1.54, 1.807) is 7.11 Å². The molecule has 1 saturated heterocycles. The first kappa shape index (κ1) is 13.2. The molecule has 2 aromatic rings. The van der Waals surface area contributed by atoms with Gasteiger partial charge in [0.1, 0.15) is 17.8 Å². The number of halogens is 1. The minimum atomic E-state index is -0.290. The molecule has 0 unspecified atom stereocenters. The maximum absolute atomic E-state index is 11.9. The number of hydrogen-bond donors (Lipinski definition) is 0. The van der Waals surface area contributed by atoms with Crippen molar-refractivity contribution in [2.45, 2.75) is 12.0 Å². The quantitative estimate of drug-likeness (QED) is 0.801. The maximum atomic E-state index is 11.9. The number of methoxy groups -OCH3 is 1. The third kappa shape index (κ3) is 2.20. The molecule has 2 atom stereocenters. The molecule has 1 aliphatic rings. The highest BCUT2D eigenvalue weighted by Crippen LogP contribution is 2.46. The highest BCUT2D eigenvalue weighted by Gasteiger charge is 2.45. The van der Waals surface area contributed by atoms with Crippen molar-refractivity contribution >= 4 is 21.9 Å². The average Bonchev–Trinajstić information content (AvgIpc) is 2.47. The molecule has 0 N–H and O–H groups in total. The van der Waals surface area contributed by atoms with E-state index in [4.69, 9.17) is 9.47 Å². The molecule has 20 heavy (non-hydrogen) atoms. The lowest BCUT2D eigenvalue weighted by Crippen LogP contribution is -2.36. The topological polar surface area (TPSA) is 35.5 Å². The minimum Gasteiger partial charge on any atom is -0.497 e. The van der Waals surface area contributed by atoms with Gasteiger partial charge in [0.2, 0.25) is 0 Å². The summed E-state index contributed by atoms with van der Waals surface area (Å²) in [5.41, 5.74) is 1.90. The summed E-state index contributed by atoms with van der Waals surface area (Å²) in [4.78, 5) is 11.9. The van der Waals surface area contributed by atoms with Gasteiger partial charge in [-0.25, -0.2) is 0 Å². The predicted molar refractivity (Wildman–Crippen MR) is 78.7 cm³/mol. The third-order valence-corrected chi connectivity index (χ3v) is 4.19. The van der Waals surface area contributed by atoms with Crippen LogP contribution in [0, 0.1) is 0 Å². The third-order valence-electron chi connectivity index (χ3n) is 3.47. The van der Waals surface area contributed by atoms with Crippen LogP contribution in [0.25, 0.3) is 0 Å². The number of carbonyl (C=O) groups is 1. The van der Waals surface area contributed by atoms with E-state index in [1.807, 2.05) is 48.5 Å². The first-order valence-corrected chi connectivity index (χ1v) is 7.09. The molecule has 2 aromatic carbocycles. The number of benzene rings is 2. The summed E-state index contributed by atoms with van der Waals surface area (Å²) in [5.74, 6) is 0.240. The highest BCUT2D eigenvalue weighted by molar-refractivity contribution is 9.10. The molecule has 0 amide bonds. The normalized spacial score (nSPS) is 21.0.